The second kappa shape index (κ2) is 3.88. The summed E-state index contributed by atoms with van der Waals surface area (Å²) < 4.78 is 7.05. The first-order valence-corrected chi connectivity index (χ1v) is 5.54. The minimum Gasteiger partial charge on any atom is -0.508 e. The van der Waals surface area contributed by atoms with Crippen LogP contribution in [0.2, 0.25) is 0 Å². The summed E-state index contributed by atoms with van der Waals surface area (Å²) in [4.78, 5) is 11.1. The number of benzene rings is 1. The van der Waals surface area contributed by atoms with Gasteiger partial charge in [0.15, 0.2) is 5.76 Å². The number of phenols is 1. The third-order valence-electron chi connectivity index (χ3n) is 2.90. The number of aromatic hydroxyl groups is 1. The molecule has 3 aromatic rings. The van der Waals surface area contributed by atoms with Crippen LogP contribution in [-0.4, -0.2) is 26.0 Å². The van der Waals surface area contributed by atoms with Crippen molar-refractivity contribution in [2.75, 3.05) is 0 Å². The molecular formula is C13H10N2O4. The molecule has 3 rings (SSSR count). The Morgan fingerprint density at radius 3 is 2.89 bits per heavy atom. The van der Waals surface area contributed by atoms with E-state index < -0.39 is 5.97 Å². The van der Waals surface area contributed by atoms with Crippen LogP contribution in [-0.2, 0) is 7.05 Å². The van der Waals surface area contributed by atoms with Crippen LogP contribution in [0.15, 0.2) is 34.9 Å². The summed E-state index contributed by atoms with van der Waals surface area (Å²) in [5, 5.41) is 23.2. The predicted molar refractivity (Wildman–Crippen MR) is 67.0 cm³/mol. The van der Waals surface area contributed by atoms with Crippen molar-refractivity contribution in [2.45, 2.75) is 0 Å². The van der Waals surface area contributed by atoms with Crippen LogP contribution in [0, 0.1) is 0 Å². The Labute approximate surface area is 107 Å². The van der Waals surface area contributed by atoms with Crippen molar-refractivity contribution in [2.24, 2.45) is 7.05 Å². The largest absolute Gasteiger partial charge is 0.508 e. The van der Waals surface area contributed by atoms with E-state index >= 15 is 0 Å². The summed E-state index contributed by atoms with van der Waals surface area (Å²) in [5.41, 5.74) is 1.04. The van der Waals surface area contributed by atoms with E-state index in [1.54, 1.807) is 25.2 Å². The Morgan fingerprint density at radius 2 is 2.16 bits per heavy atom. The zero-order chi connectivity index (χ0) is 13.6. The molecule has 96 valence electrons. The number of aromatic nitrogens is 2. The molecule has 0 amide bonds. The van der Waals surface area contributed by atoms with Crippen molar-refractivity contribution in [3.05, 3.63) is 36.0 Å². The van der Waals surface area contributed by atoms with Gasteiger partial charge in [0.1, 0.15) is 22.6 Å². The van der Waals surface area contributed by atoms with Crippen LogP contribution in [0.25, 0.3) is 22.4 Å². The van der Waals surface area contributed by atoms with E-state index in [1.807, 2.05) is 0 Å². The minimum atomic E-state index is -1.06. The molecule has 0 fully saturated rings. The number of fused-ring (bicyclic) bond motifs is 1. The van der Waals surface area contributed by atoms with Gasteiger partial charge in [0.25, 0.3) is 0 Å². The maximum Gasteiger partial charge on any atom is 0.339 e. The van der Waals surface area contributed by atoms with Gasteiger partial charge in [-0.1, -0.05) is 0 Å². The number of aryl methyl sites for hydroxylation is 1. The van der Waals surface area contributed by atoms with Crippen LogP contribution in [0.5, 0.6) is 5.75 Å². The van der Waals surface area contributed by atoms with Gasteiger partial charge in [-0.25, -0.2) is 4.79 Å². The molecule has 0 radical (unpaired) electrons. The van der Waals surface area contributed by atoms with E-state index in [9.17, 15) is 9.90 Å². The van der Waals surface area contributed by atoms with Crippen LogP contribution < -0.4 is 0 Å². The topological polar surface area (TPSA) is 88.5 Å². The zero-order valence-electron chi connectivity index (χ0n) is 9.99. The molecule has 0 aliphatic rings. The van der Waals surface area contributed by atoms with Gasteiger partial charge in [-0.3, -0.25) is 4.68 Å². The average molecular weight is 258 g/mol. The number of carboxylic acid groups (broad SMARTS) is 1. The Kier molecular flexibility index (Phi) is 2.31. The number of carbonyl (C=O) groups is 1. The lowest BCUT2D eigenvalue weighted by Gasteiger charge is -1.99. The van der Waals surface area contributed by atoms with Crippen molar-refractivity contribution < 1.29 is 19.4 Å². The van der Waals surface area contributed by atoms with Gasteiger partial charge >= 0.3 is 5.97 Å². The Morgan fingerprint density at radius 1 is 1.37 bits per heavy atom. The van der Waals surface area contributed by atoms with E-state index in [1.165, 1.54) is 16.9 Å². The van der Waals surface area contributed by atoms with Crippen molar-refractivity contribution in [1.29, 1.82) is 0 Å². The Balaban J connectivity index is 2.24. The maximum atomic E-state index is 11.1. The molecule has 0 spiro atoms. The highest BCUT2D eigenvalue weighted by atomic mass is 16.4. The molecule has 0 bridgehead atoms. The second-order valence-electron chi connectivity index (χ2n) is 4.17. The molecule has 6 nitrogen and oxygen atoms in total. The first kappa shape index (κ1) is 11.3. The first-order chi connectivity index (χ1) is 9.06. The monoisotopic (exact) mass is 258 g/mol. The van der Waals surface area contributed by atoms with E-state index in [2.05, 4.69) is 5.10 Å². The van der Waals surface area contributed by atoms with E-state index in [0.29, 0.717) is 22.4 Å². The lowest BCUT2D eigenvalue weighted by molar-refractivity contribution is 0.0697. The summed E-state index contributed by atoms with van der Waals surface area (Å²) in [6.45, 7) is 0. The molecule has 0 saturated heterocycles. The van der Waals surface area contributed by atoms with E-state index in [0.717, 1.165) is 0 Å². The fourth-order valence-corrected chi connectivity index (χ4v) is 2.03. The lowest BCUT2D eigenvalue weighted by atomic mass is 10.2. The summed E-state index contributed by atoms with van der Waals surface area (Å²) >= 11 is 0. The van der Waals surface area contributed by atoms with Gasteiger partial charge in [-0.2, -0.15) is 5.10 Å². The predicted octanol–water partition coefficient (Wildman–Crippen LogP) is 2.24. The number of hydrogen-bond acceptors (Lipinski definition) is 4. The van der Waals surface area contributed by atoms with Crippen molar-refractivity contribution in [3.8, 4) is 17.2 Å². The summed E-state index contributed by atoms with van der Waals surface area (Å²) in [6, 6.07) is 6.37. The SMILES string of the molecule is Cn1ncc(C(=O)O)c1-c1cc2cc(O)ccc2o1. The van der Waals surface area contributed by atoms with Gasteiger partial charge in [0.2, 0.25) is 0 Å². The maximum absolute atomic E-state index is 11.1. The fourth-order valence-electron chi connectivity index (χ4n) is 2.03. The quantitative estimate of drug-likeness (QED) is 0.735. The number of carboxylic acids is 1. The van der Waals surface area contributed by atoms with Crippen molar-refractivity contribution in [3.63, 3.8) is 0 Å². The molecule has 2 heterocycles. The second-order valence-corrected chi connectivity index (χ2v) is 4.17. The number of furan rings is 1. The highest BCUT2D eigenvalue weighted by Gasteiger charge is 2.20. The molecule has 0 atom stereocenters. The standard InChI is InChI=1S/C13H10N2O4/c1-15-12(9(6-14-15)13(17)18)11-5-7-4-8(16)2-3-10(7)19-11/h2-6,16H,1H3,(H,17,18). The van der Waals surface area contributed by atoms with Crippen LogP contribution in [0.3, 0.4) is 0 Å². The molecule has 6 heteroatoms. The number of rotatable bonds is 2. The zero-order valence-corrected chi connectivity index (χ0v) is 9.99. The minimum absolute atomic E-state index is 0.0748. The van der Waals surface area contributed by atoms with Gasteiger partial charge in [-0.05, 0) is 24.3 Å². The van der Waals surface area contributed by atoms with Crippen molar-refractivity contribution in [1.82, 2.24) is 9.78 Å². The number of nitrogens with zero attached hydrogens (tertiary/aromatic N) is 2. The van der Waals surface area contributed by atoms with Gasteiger partial charge < -0.3 is 14.6 Å². The third-order valence-corrected chi connectivity index (χ3v) is 2.90. The number of phenolic OH excluding ortho intramolecular Hbond substituents is 1. The summed E-state index contributed by atoms with van der Waals surface area (Å²) in [6.07, 6.45) is 1.28. The van der Waals surface area contributed by atoms with E-state index in [4.69, 9.17) is 9.52 Å². The molecule has 2 N–H and O–H groups in total. The fraction of sp³-hybridized carbons (Fsp3) is 0.0769. The smallest absolute Gasteiger partial charge is 0.339 e. The third kappa shape index (κ3) is 1.74. The van der Waals surface area contributed by atoms with Gasteiger partial charge in [0, 0.05) is 12.4 Å². The first-order valence-electron chi connectivity index (χ1n) is 5.54. The Bertz CT molecular complexity index is 785. The van der Waals surface area contributed by atoms with Gasteiger partial charge in [0.05, 0.1) is 6.20 Å². The molecule has 1 aromatic carbocycles. The summed E-state index contributed by atoms with van der Waals surface area (Å²) in [7, 11) is 1.65. The molecule has 0 unspecified atom stereocenters. The highest BCUT2D eigenvalue weighted by molar-refractivity contribution is 5.95. The normalized spacial score (nSPS) is 11.0. The highest BCUT2D eigenvalue weighted by Crippen LogP contribution is 2.31. The molecule has 0 aliphatic heterocycles. The van der Waals surface area contributed by atoms with Crippen molar-refractivity contribution >= 4 is 16.9 Å². The molecule has 0 saturated carbocycles. The summed E-state index contributed by atoms with van der Waals surface area (Å²) in [5.74, 6) is -0.535. The molecular weight excluding hydrogens is 248 g/mol. The number of aromatic carboxylic acids is 1. The number of hydrogen-bond donors (Lipinski definition) is 2. The molecule has 2 aromatic heterocycles. The van der Waals surface area contributed by atoms with E-state index in [-0.39, 0.29) is 11.3 Å². The van der Waals surface area contributed by atoms with Gasteiger partial charge in [-0.15, -0.1) is 0 Å². The lowest BCUT2D eigenvalue weighted by Crippen LogP contribution is -1.99. The van der Waals surface area contributed by atoms with Crippen LogP contribution in [0.4, 0.5) is 0 Å². The average Bonchev–Trinajstić information content (AvgIpc) is 2.91. The Hall–Kier alpha value is -2.76. The molecule has 19 heavy (non-hydrogen) atoms. The van der Waals surface area contributed by atoms with Crippen LogP contribution >= 0.6 is 0 Å². The molecule has 0 aliphatic carbocycles. The van der Waals surface area contributed by atoms with Crippen LogP contribution in [0.1, 0.15) is 10.4 Å².